The molecule has 1 aromatic carbocycles. The van der Waals surface area contributed by atoms with Crippen molar-refractivity contribution < 1.29 is 23.1 Å². The molecule has 0 saturated heterocycles. The number of carboxylic acids is 1. The molecule has 3 heterocycles. The molecule has 8 nitrogen and oxygen atoms in total. The molecule has 0 amide bonds. The zero-order valence-electron chi connectivity index (χ0n) is 14.5. The summed E-state index contributed by atoms with van der Waals surface area (Å²) in [7, 11) is 0. The smallest absolute Gasteiger partial charge is 0.418 e. The van der Waals surface area contributed by atoms with E-state index in [0.717, 1.165) is 6.07 Å². The molecule has 0 aliphatic heterocycles. The molecule has 0 bridgehead atoms. The Labute approximate surface area is 153 Å². The van der Waals surface area contributed by atoms with Crippen molar-refractivity contribution in [3.05, 3.63) is 57.7 Å². The summed E-state index contributed by atoms with van der Waals surface area (Å²) in [5.74, 6) is -1.01. The van der Waals surface area contributed by atoms with Crippen LogP contribution in [0.5, 0.6) is 0 Å². The summed E-state index contributed by atoms with van der Waals surface area (Å²) in [5.41, 5.74) is -2.30. The average molecular weight is 391 g/mol. The number of aromatic carboxylic acids is 1. The first-order chi connectivity index (χ1) is 13.1. The molecule has 0 fully saturated rings. The Hall–Kier alpha value is -3.63. The Morgan fingerprint density at radius 1 is 1.25 bits per heavy atom. The van der Waals surface area contributed by atoms with Crippen molar-refractivity contribution in [2.45, 2.75) is 20.0 Å². The maximum Gasteiger partial charge on any atom is 0.418 e. The molecule has 0 aliphatic rings. The number of nitrogens with zero attached hydrogens (tertiary/aromatic N) is 4. The van der Waals surface area contributed by atoms with Crippen molar-refractivity contribution in [1.82, 2.24) is 23.9 Å². The normalized spacial score (nSPS) is 12.2. The number of hydrogen-bond donors (Lipinski definition) is 2. The van der Waals surface area contributed by atoms with E-state index in [2.05, 4.69) is 15.0 Å². The van der Waals surface area contributed by atoms with Gasteiger partial charge in [-0.05, 0) is 26.0 Å². The van der Waals surface area contributed by atoms with Crippen LogP contribution in [-0.4, -0.2) is 35.0 Å². The molecule has 4 rings (SSSR count). The molecule has 28 heavy (non-hydrogen) atoms. The van der Waals surface area contributed by atoms with Crippen LogP contribution in [0.2, 0.25) is 0 Å². The van der Waals surface area contributed by atoms with Crippen LogP contribution < -0.4 is 5.56 Å². The Morgan fingerprint density at radius 2 is 1.96 bits per heavy atom. The number of nitrogens with one attached hydrogen (secondary N) is 1. The molecular formula is C17H12F3N5O3. The van der Waals surface area contributed by atoms with Gasteiger partial charge in [0, 0.05) is 12.4 Å². The van der Waals surface area contributed by atoms with Gasteiger partial charge in [0.2, 0.25) is 5.65 Å². The lowest BCUT2D eigenvalue weighted by molar-refractivity contribution is -0.137. The van der Waals surface area contributed by atoms with Crippen molar-refractivity contribution in [2.75, 3.05) is 0 Å². The van der Waals surface area contributed by atoms with Crippen LogP contribution in [0.1, 0.15) is 27.6 Å². The fraction of sp³-hybridized carbons (Fsp3) is 0.176. The summed E-state index contributed by atoms with van der Waals surface area (Å²) in [5, 5.41) is 9.27. The molecule has 0 radical (unpaired) electrons. The summed E-state index contributed by atoms with van der Waals surface area (Å²) >= 11 is 0. The lowest BCUT2D eigenvalue weighted by Gasteiger charge is -2.16. The van der Waals surface area contributed by atoms with E-state index in [9.17, 15) is 27.9 Å². The van der Waals surface area contributed by atoms with Gasteiger partial charge in [-0.3, -0.25) is 9.20 Å². The Morgan fingerprint density at radius 3 is 2.54 bits per heavy atom. The van der Waals surface area contributed by atoms with E-state index in [-0.39, 0.29) is 33.8 Å². The third-order valence-corrected chi connectivity index (χ3v) is 4.51. The van der Waals surface area contributed by atoms with Crippen LogP contribution in [0.15, 0.2) is 29.3 Å². The highest BCUT2D eigenvalue weighted by Crippen LogP contribution is 2.36. The molecule has 0 spiro atoms. The van der Waals surface area contributed by atoms with E-state index in [0.29, 0.717) is 5.82 Å². The van der Waals surface area contributed by atoms with Gasteiger partial charge in [-0.1, -0.05) is 0 Å². The quantitative estimate of drug-likeness (QED) is 0.547. The number of H-pyrrole nitrogens is 1. The second-order valence-electron chi connectivity index (χ2n) is 6.19. The van der Waals surface area contributed by atoms with Crippen LogP contribution in [0, 0.1) is 13.8 Å². The van der Waals surface area contributed by atoms with Crippen LogP contribution in [0.3, 0.4) is 0 Å². The van der Waals surface area contributed by atoms with Crippen LogP contribution >= 0.6 is 0 Å². The summed E-state index contributed by atoms with van der Waals surface area (Å²) in [6, 6.07) is 2.06. The number of hydrogen-bond acceptors (Lipinski definition) is 4. The zero-order valence-corrected chi connectivity index (χ0v) is 14.5. The minimum Gasteiger partial charge on any atom is -0.476 e. The molecule has 4 aromatic rings. The fourth-order valence-corrected chi connectivity index (χ4v) is 3.25. The molecule has 11 heteroatoms. The highest BCUT2D eigenvalue weighted by Gasteiger charge is 2.35. The number of rotatable bonds is 2. The predicted octanol–water partition coefficient (Wildman–Crippen LogP) is 2.70. The van der Waals surface area contributed by atoms with E-state index < -0.39 is 23.3 Å². The minimum absolute atomic E-state index is 0.0937. The molecule has 2 N–H and O–H groups in total. The number of aryl methyl sites for hydroxylation is 2. The van der Waals surface area contributed by atoms with Gasteiger partial charge < -0.3 is 14.7 Å². The van der Waals surface area contributed by atoms with Crippen molar-refractivity contribution in [3.63, 3.8) is 0 Å². The number of carboxylic acid groups (broad SMARTS) is 1. The number of aromatic amines is 1. The molecule has 0 saturated carbocycles. The van der Waals surface area contributed by atoms with Gasteiger partial charge >= 0.3 is 12.1 Å². The Kier molecular flexibility index (Phi) is 3.61. The Balaban J connectivity index is 2.21. The third kappa shape index (κ3) is 2.47. The van der Waals surface area contributed by atoms with Crippen molar-refractivity contribution in [3.8, 4) is 5.69 Å². The fourth-order valence-electron chi connectivity index (χ4n) is 3.25. The number of halogens is 3. The first kappa shape index (κ1) is 17.8. The summed E-state index contributed by atoms with van der Waals surface area (Å²) in [6.45, 7) is 2.99. The molecule has 0 atom stereocenters. The van der Waals surface area contributed by atoms with Crippen molar-refractivity contribution in [2.24, 2.45) is 0 Å². The second kappa shape index (κ2) is 5.68. The second-order valence-corrected chi connectivity index (χ2v) is 6.19. The topological polar surface area (TPSA) is 105 Å². The zero-order chi connectivity index (χ0) is 20.4. The highest BCUT2D eigenvalue weighted by atomic mass is 19.4. The van der Waals surface area contributed by atoms with E-state index in [1.54, 1.807) is 6.92 Å². The monoisotopic (exact) mass is 391 g/mol. The number of imidazole rings is 2. The van der Waals surface area contributed by atoms with Gasteiger partial charge in [0.15, 0.2) is 5.69 Å². The first-order valence-electron chi connectivity index (χ1n) is 7.99. The average Bonchev–Trinajstić information content (AvgIpc) is 3.17. The van der Waals surface area contributed by atoms with E-state index in [4.69, 9.17) is 0 Å². The van der Waals surface area contributed by atoms with Crippen LogP contribution in [-0.2, 0) is 6.18 Å². The van der Waals surface area contributed by atoms with Gasteiger partial charge in [0.1, 0.15) is 5.82 Å². The van der Waals surface area contributed by atoms with Gasteiger partial charge in [0.05, 0.1) is 28.0 Å². The predicted molar refractivity (Wildman–Crippen MR) is 91.9 cm³/mol. The number of carbonyl (C=O) groups is 1. The molecule has 3 aromatic heterocycles. The van der Waals surface area contributed by atoms with E-state index in [1.807, 2.05) is 0 Å². The van der Waals surface area contributed by atoms with Gasteiger partial charge in [-0.15, -0.1) is 0 Å². The van der Waals surface area contributed by atoms with Crippen LogP contribution in [0.25, 0.3) is 22.4 Å². The molecule has 144 valence electrons. The maximum absolute atomic E-state index is 13.7. The van der Waals surface area contributed by atoms with Crippen molar-refractivity contribution >= 4 is 22.6 Å². The van der Waals surface area contributed by atoms with E-state index in [1.165, 1.54) is 34.4 Å². The summed E-state index contributed by atoms with van der Waals surface area (Å²) in [4.78, 5) is 33.8. The standard InChI is InChI=1S/C17H12F3N5O3/c1-7-13(16(27)28)23-14-15(26)22-10-5-9(17(18,19)20)11(6-12(10)25(7)14)24-4-3-21-8(24)2/h3-6H,1-2H3,(H,22,26)(H,27,28). The number of fused-ring (bicyclic) bond motifs is 3. The Bertz CT molecular complexity index is 1330. The molecule has 0 aliphatic carbocycles. The first-order valence-corrected chi connectivity index (χ1v) is 7.99. The molecule has 0 unspecified atom stereocenters. The SMILES string of the molecule is Cc1nccn1-c1cc2c(cc1C(F)(F)F)[nH]c(=O)c1nc(C(=O)O)c(C)n12. The third-order valence-electron chi connectivity index (χ3n) is 4.51. The van der Waals surface area contributed by atoms with E-state index >= 15 is 0 Å². The largest absolute Gasteiger partial charge is 0.476 e. The summed E-state index contributed by atoms with van der Waals surface area (Å²) < 4.78 is 43.6. The van der Waals surface area contributed by atoms with Crippen LogP contribution in [0.4, 0.5) is 13.2 Å². The maximum atomic E-state index is 13.7. The van der Waals surface area contributed by atoms with Gasteiger partial charge in [0.25, 0.3) is 5.56 Å². The van der Waals surface area contributed by atoms with Gasteiger partial charge in [-0.25, -0.2) is 14.8 Å². The minimum atomic E-state index is -4.69. The number of alkyl halides is 3. The lowest BCUT2D eigenvalue weighted by Crippen LogP contribution is -2.15. The van der Waals surface area contributed by atoms with Crippen molar-refractivity contribution in [1.29, 1.82) is 0 Å². The number of benzene rings is 1. The highest BCUT2D eigenvalue weighted by molar-refractivity contribution is 5.90. The summed E-state index contributed by atoms with van der Waals surface area (Å²) in [6.07, 6.45) is -1.94. The molecular weight excluding hydrogens is 379 g/mol. The lowest BCUT2D eigenvalue weighted by atomic mass is 10.1. The number of aromatic nitrogens is 5. The van der Waals surface area contributed by atoms with Gasteiger partial charge in [-0.2, -0.15) is 13.2 Å².